The van der Waals surface area contributed by atoms with Crippen LogP contribution in [0.4, 0.5) is 10.1 Å². The number of anilines is 1. The molecule has 2 heterocycles. The maximum atomic E-state index is 14.4. The average Bonchev–Trinajstić information content (AvgIpc) is 3.24. The van der Waals surface area contributed by atoms with Gasteiger partial charge < -0.3 is 9.80 Å². The number of hydrogen-bond donors (Lipinski definition) is 0. The SMILES string of the molecule is CC(=O)c1ccc(N2CCN(C(=O)c3csc(-c4ccccc4)n3)CC2)c(F)c1. The predicted octanol–water partition coefficient (Wildman–Crippen LogP) is 4.11. The highest BCUT2D eigenvalue weighted by molar-refractivity contribution is 7.13. The Balaban J connectivity index is 1.42. The maximum Gasteiger partial charge on any atom is 0.273 e. The number of Topliss-reactive ketones (excluding diaryl/α,β-unsaturated/α-hetero) is 1. The molecule has 3 aromatic rings. The van der Waals surface area contributed by atoms with Crippen molar-refractivity contribution in [3.63, 3.8) is 0 Å². The van der Waals surface area contributed by atoms with Gasteiger partial charge in [0, 0.05) is 42.7 Å². The van der Waals surface area contributed by atoms with E-state index in [0.29, 0.717) is 43.1 Å². The molecule has 2 aromatic carbocycles. The van der Waals surface area contributed by atoms with Gasteiger partial charge >= 0.3 is 0 Å². The van der Waals surface area contributed by atoms with Gasteiger partial charge in [-0.15, -0.1) is 11.3 Å². The molecule has 148 valence electrons. The molecule has 1 amide bonds. The minimum Gasteiger partial charge on any atom is -0.366 e. The van der Waals surface area contributed by atoms with Gasteiger partial charge in [-0.25, -0.2) is 9.37 Å². The molecular weight excluding hydrogens is 389 g/mol. The second-order valence-corrected chi connectivity index (χ2v) is 7.76. The molecule has 4 rings (SSSR count). The smallest absolute Gasteiger partial charge is 0.273 e. The van der Waals surface area contributed by atoms with E-state index in [1.807, 2.05) is 35.2 Å². The predicted molar refractivity (Wildman–Crippen MR) is 112 cm³/mol. The first kappa shape index (κ1) is 19.3. The van der Waals surface area contributed by atoms with Crippen LogP contribution < -0.4 is 4.90 Å². The molecule has 0 radical (unpaired) electrons. The number of piperazine rings is 1. The van der Waals surface area contributed by atoms with Crippen molar-refractivity contribution in [1.29, 1.82) is 0 Å². The minimum absolute atomic E-state index is 0.101. The van der Waals surface area contributed by atoms with Crippen molar-refractivity contribution in [2.24, 2.45) is 0 Å². The molecule has 5 nitrogen and oxygen atoms in total. The first-order valence-electron chi connectivity index (χ1n) is 9.38. The lowest BCUT2D eigenvalue weighted by molar-refractivity contribution is 0.0741. The van der Waals surface area contributed by atoms with Gasteiger partial charge in [0.25, 0.3) is 5.91 Å². The molecule has 1 aliphatic rings. The molecule has 0 unspecified atom stereocenters. The lowest BCUT2D eigenvalue weighted by Crippen LogP contribution is -2.49. The van der Waals surface area contributed by atoms with Crippen LogP contribution in [-0.4, -0.2) is 47.8 Å². The van der Waals surface area contributed by atoms with Crippen molar-refractivity contribution in [1.82, 2.24) is 9.88 Å². The van der Waals surface area contributed by atoms with E-state index in [-0.39, 0.29) is 11.7 Å². The first-order chi connectivity index (χ1) is 14.0. The molecule has 0 bridgehead atoms. The second-order valence-electron chi connectivity index (χ2n) is 6.91. The molecule has 0 atom stereocenters. The molecule has 0 spiro atoms. The van der Waals surface area contributed by atoms with Crippen LogP contribution in [0.3, 0.4) is 0 Å². The summed E-state index contributed by atoms with van der Waals surface area (Å²) in [5.74, 6) is -0.677. The van der Waals surface area contributed by atoms with E-state index in [4.69, 9.17) is 0 Å². The van der Waals surface area contributed by atoms with Crippen LogP contribution in [0.25, 0.3) is 10.6 Å². The first-order valence-corrected chi connectivity index (χ1v) is 10.3. The number of carbonyl (C=O) groups is 2. The van der Waals surface area contributed by atoms with Crippen LogP contribution in [-0.2, 0) is 0 Å². The number of rotatable bonds is 4. The van der Waals surface area contributed by atoms with Crippen LogP contribution >= 0.6 is 11.3 Å². The van der Waals surface area contributed by atoms with E-state index in [0.717, 1.165) is 10.6 Å². The van der Waals surface area contributed by atoms with Gasteiger partial charge in [-0.1, -0.05) is 30.3 Å². The van der Waals surface area contributed by atoms with E-state index in [2.05, 4.69) is 4.98 Å². The Kier molecular flexibility index (Phi) is 5.40. The van der Waals surface area contributed by atoms with Crippen molar-refractivity contribution >= 4 is 28.7 Å². The molecule has 0 N–H and O–H groups in total. The zero-order valence-corrected chi connectivity index (χ0v) is 16.8. The summed E-state index contributed by atoms with van der Waals surface area (Å²) >= 11 is 1.45. The topological polar surface area (TPSA) is 53.5 Å². The standard InChI is InChI=1S/C22H20FN3O2S/c1-15(27)17-7-8-20(18(23)13-17)25-9-11-26(12-10-25)22(28)19-14-29-21(24-19)16-5-3-2-4-6-16/h2-8,13-14H,9-12H2,1H3. The van der Waals surface area contributed by atoms with Crippen molar-refractivity contribution in [2.45, 2.75) is 6.92 Å². The largest absolute Gasteiger partial charge is 0.366 e. The number of carbonyl (C=O) groups excluding carboxylic acids is 2. The molecule has 0 saturated carbocycles. The summed E-state index contributed by atoms with van der Waals surface area (Å²) in [5, 5.41) is 2.61. The molecule has 1 saturated heterocycles. The molecule has 1 fully saturated rings. The van der Waals surface area contributed by atoms with Gasteiger partial charge in [0.1, 0.15) is 16.5 Å². The highest BCUT2D eigenvalue weighted by Crippen LogP contribution is 2.25. The molecular formula is C22H20FN3O2S. The summed E-state index contributed by atoms with van der Waals surface area (Å²) in [5.41, 5.74) is 2.25. The molecule has 7 heteroatoms. The van der Waals surface area contributed by atoms with Crippen molar-refractivity contribution in [3.05, 3.63) is 71.0 Å². The molecule has 0 aliphatic carbocycles. The monoisotopic (exact) mass is 409 g/mol. The van der Waals surface area contributed by atoms with Gasteiger partial charge in [-0.2, -0.15) is 0 Å². The van der Waals surface area contributed by atoms with E-state index in [1.165, 1.54) is 24.3 Å². The van der Waals surface area contributed by atoms with E-state index in [9.17, 15) is 14.0 Å². The van der Waals surface area contributed by atoms with Crippen LogP contribution in [0, 0.1) is 5.82 Å². The Bertz CT molecular complexity index is 1040. The normalized spacial score (nSPS) is 14.1. The third kappa shape index (κ3) is 4.05. The Hall–Kier alpha value is -3.06. The maximum absolute atomic E-state index is 14.4. The Labute approximate surface area is 172 Å². The Morgan fingerprint density at radius 3 is 2.41 bits per heavy atom. The van der Waals surface area contributed by atoms with Crippen LogP contribution in [0.15, 0.2) is 53.9 Å². The highest BCUT2D eigenvalue weighted by Gasteiger charge is 2.25. The zero-order valence-electron chi connectivity index (χ0n) is 16.0. The van der Waals surface area contributed by atoms with Gasteiger partial charge in [0.05, 0.1) is 5.69 Å². The lowest BCUT2D eigenvalue weighted by Gasteiger charge is -2.36. The van der Waals surface area contributed by atoms with Gasteiger partial charge in [-0.05, 0) is 25.1 Å². The fourth-order valence-corrected chi connectivity index (χ4v) is 4.18. The second kappa shape index (κ2) is 8.13. The van der Waals surface area contributed by atoms with E-state index < -0.39 is 5.82 Å². The average molecular weight is 409 g/mol. The molecule has 1 aliphatic heterocycles. The van der Waals surface area contributed by atoms with Crippen LogP contribution in [0.2, 0.25) is 0 Å². The summed E-state index contributed by atoms with van der Waals surface area (Å²) in [6, 6.07) is 14.3. The fourth-order valence-electron chi connectivity index (χ4n) is 3.38. The lowest BCUT2D eigenvalue weighted by atomic mass is 10.1. The summed E-state index contributed by atoms with van der Waals surface area (Å²) in [6.07, 6.45) is 0. The summed E-state index contributed by atoms with van der Waals surface area (Å²) in [6.45, 7) is 3.45. The number of amides is 1. The number of benzene rings is 2. The van der Waals surface area contributed by atoms with Gasteiger partial charge in [0.15, 0.2) is 5.78 Å². The molecule has 29 heavy (non-hydrogen) atoms. The minimum atomic E-state index is -0.413. The zero-order chi connectivity index (χ0) is 20.4. The van der Waals surface area contributed by atoms with Gasteiger partial charge in [0.2, 0.25) is 0 Å². The number of halogens is 1. The summed E-state index contributed by atoms with van der Waals surface area (Å²) in [4.78, 5) is 32.4. The molecule has 1 aromatic heterocycles. The van der Waals surface area contributed by atoms with Crippen molar-refractivity contribution in [3.8, 4) is 10.6 Å². The Morgan fingerprint density at radius 2 is 1.76 bits per heavy atom. The number of thiazole rings is 1. The van der Waals surface area contributed by atoms with Crippen molar-refractivity contribution in [2.75, 3.05) is 31.1 Å². The van der Waals surface area contributed by atoms with Crippen molar-refractivity contribution < 1.29 is 14.0 Å². The Morgan fingerprint density at radius 1 is 1.03 bits per heavy atom. The third-order valence-electron chi connectivity index (χ3n) is 5.01. The number of aromatic nitrogens is 1. The van der Waals surface area contributed by atoms with Gasteiger partial charge in [-0.3, -0.25) is 9.59 Å². The number of ketones is 1. The van der Waals surface area contributed by atoms with Crippen LogP contribution in [0.5, 0.6) is 0 Å². The summed E-state index contributed by atoms with van der Waals surface area (Å²) in [7, 11) is 0. The number of hydrogen-bond acceptors (Lipinski definition) is 5. The fraction of sp³-hybridized carbons (Fsp3) is 0.227. The van der Waals surface area contributed by atoms with E-state index in [1.54, 1.807) is 22.4 Å². The van der Waals surface area contributed by atoms with Crippen LogP contribution in [0.1, 0.15) is 27.8 Å². The summed E-state index contributed by atoms with van der Waals surface area (Å²) < 4.78 is 14.4. The highest BCUT2D eigenvalue weighted by atomic mass is 32.1. The number of nitrogens with zero attached hydrogens (tertiary/aromatic N) is 3. The van der Waals surface area contributed by atoms with E-state index >= 15 is 0 Å². The quantitative estimate of drug-likeness (QED) is 0.609. The third-order valence-corrected chi connectivity index (χ3v) is 5.90.